The molecule has 0 aromatic carbocycles. The van der Waals surface area contributed by atoms with E-state index in [1.807, 2.05) is 0 Å². The normalized spacial score (nSPS) is 11.5. The Morgan fingerprint density at radius 2 is 1.57 bits per heavy atom. The molecule has 0 unspecified atom stereocenters. The fourth-order valence-corrected chi connectivity index (χ4v) is 0.408. The van der Waals surface area contributed by atoms with Crippen molar-refractivity contribution in [3.8, 4) is 0 Å². The van der Waals surface area contributed by atoms with Crippen molar-refractivity contribution in [1.82, 2.24) is 5.32 Å². The van der Waals surface area contributed by atoms with Gasteiger partial charge in [0.15, 0.2) is 0 Å². The Morgan fingerprint density at radius 1 is 1.21 bits per heavy atom. The fraction of sp³-hybridized carbons (Fsp3) is 0.667. The molecule has 0 spiro atoms. The number of aliphatic carboxylic acids is 1. The topological polar surface area (TPSA) is 66.4 Å². The smallest absolute Gasteiger partial charge is 0.471 e. The number of halogens is 4. The van der Waals surface area contributed by atoms with E-state index in [0.29, 0.717) is 0 Å². The van der Waals surface area contributed by atoms with E-state index >= 15 is 0 Å². The summed E-state index contributed by atoms with van der Waals surface area (Å²) < 4.78 is 34.9. The SMILES string of the molecule is CC(C)(NC(=O)C(F)(F)F)C(=O)O.[Cl-]. The molecule has 0 aliphatic heterocycles. The van der Waals surface area contributed by atoms with Crippen molar-refractivity contribution in [2.45, 2.75) is 25.6 Å². The van der Waals surface area contributed by atoms with Crippen LogP contribution in [0.1, 0.15) is 13.8 Å². The highest BCUT2D eigenvalue weighted by Gasteiger charge is 2.43. The molecule has 0 bridgehead atoms. The first-order valence-corrected chi connectivity index (χ1v) is 3.20. The van der Waals surface area contributed by atoms with Gasteiger partial charge in [0.25, 0.3) is 0 Å². The van der Waals surface area contributed by atoms with E-state index < -0.39 is 23.6 Å². The molecular weight excluding hydrogens is 227 g/mol. The molecule has 0 rings (SSSR count). The van der Waals surface area contributed by atoms with E-state index in [4.69, 9.17) is 5.11 Å². The average molecular weight is 235 g/mol. The Labute approximate surface area is 83.9 Å². The van der Waals surface area contributed by atoms with Crippen molar-refractivity contribution < 1.29 is 40.3 Å². The van der Waals surface area contributed by atoms with Crippen molar-refractivity contribution in [3.63, 3.8) is 0 Å². The third-order valence-corrected chi connectivity index (χ3v) is 1.22. The summed E-state index contributed by atoms with van der Waals surface area (Å²) in [5.41, 5.74) is -1.92. The summed E-state index contributed by atoms with van der Waals surface area (Å²) in [6.45, 7) is 1.91. The lowest BCUT2D eigenvalue weighted by Crippen LogP contribution is -3.00. The van der Waals surface area contributed by atoms with Crippen molar-refractivity contribution in [2.24, 2.45) is 0 Å². The minimum atomic E-state index is -5.06. The maximum absolute atomic E-state index is 11.6. The number of amides is 1. The Morgan fingerprint density at radius 3 is 1.79 bits per heavy atom. The van der Waals surface area contributed by atoms with Gasteiger partial charge in [-0.05, 0) is 13.8 Å². The number of carboxylic acids is 1. The minimum Gasteiger partial charge on any atom is -1.00 e. The lowest BCUT2D eigenvalue weighted by atomic mass is 10.1. The first-order valence-electron chi connectivity index (χ1n) is 3.20. The zero-order chi connectivity index (χ0) is 10.9. The molecule has 0 aliphatic carbocycles. The molecule has 0 saturated heterocycles. The van der Waals surface area contributed by atoms with Crippen molar-refractivity contribution in [2.75, 3.05) is 0 Å². The highest BCUT2D eigenvalue weighted by atomic mass is 35.5. The molecular formula is C6H8ClF3NO3-. The maximum Gasteiger partial charge on any atom is 0.471 e. The zero-order valence-electron chi connectivity index (χ0n) is 7.28. The molecule has 1 amide bonds. The van der Waals surface area contributed by atoms with Gasteiger partial charge in [0.05, 0.1) is 0 Å². The average Bonchev–Trinajstić information content (AvgIpc) is 1.83. The Balaban J connectivity index is 0. The van der Waals surface area contributed by atoms with Crippen LogP contribution in [0.4, 0.5) is 13.2 Å². The van der Waals surface area contributed by atoms with E-state index in [9.17, 15) is 22.8 Å². The number of hydrogen-bond acceptors (Lipinski definition) is 2. The Bertz CT molecular complexity index is 239. The first kappa shape index (κ1) is 15.5. The third kappa shape index (κ3) is 4.31. The lowest BCUT2D eigenvalue weighted by molar-refractivity contribution is -0.177. The second kappa shape index (κ2) is 4.50. The lowest BCUT2D eigenvalue weighted by Gasteiger charge is -2.21. The summed E-state index contributed by atoms with van der Waals surface area (Å²) >= 11 is 0. The molecule has 8 heteroatoms. The summed E-state index contributed by atoms with van der Waals surface area (Å²) in [5, 5.41) is 9.71. The number of rotatable bonds is 2. The van der Waals surface area contributed by atoms with E-state index in [2.05, 4.69) is 0 Å². The first-order chi connectivity index (χ1) is 5.57. The summed E-state index contributed by atoms with van der Waals surface area (Å²) in [5.74, 6) is -3.80. The highest BCUT2D eigenvalue weighted by molar-refractivity contribution is 5.88. The molecule has 0 fully saturated rings. The molecule has 0 aromatic heterocycles. The van der Waals surface area contributed by atoms with Gasteiger partial charge < -0.3 is 22.8 Å². The van der Waals surface area contributed by atoms with Crippen LogP contribution < -0.4 is 17.7 Å². The second-order valence-corrected chi connectivity index (χ2v) is 2.88. The molecule has 14 heavy (non-hydrogen) atoms. The van der Waals surface area contributed by atoms with Gasteiger partial charge in [-0.1, -0.05) is 0 Å². The molecule has 0 aliphatic rings. The maximum atomic E-state index is 11.6. The molecule has 4 nitrogen and oxygen atoms in total. The number of carbonyl (C=O) groups excluding carboxylic acids is 1. The van der Waals surface area contributed by atoms with E-state index in [1.165, 1.54) is 5.32 Å². The highest BCUT2D eigenvalue weighted by Crippen LogP contribution is 2.16. The van der Waals surface area contributed by atoms with Gasteiger partial charge in [0, 0.05) is 0 Å². The van der Waals surface area contributed by atoms with Gasteiger partial charge >= 0.3 is 18.1 Å². The van der Waals surface area contributed by atoms with Gasteiger partial charge in [-0.2, -0.15) is 13.2 Å². The summed E-state index contributed by atoms with van der Waals surface area (Å²) in [6.07, 6.45) is -5.06. The molecule has 0 radical (unpaired) electrons. The van der Waals surface area contributed by atoms with Crippen molar-refractivity contribution >= 4 is 11.9 Å². The van der Waals surface area contributed by atoms with Crippen LogP contribution >= 0.6 is 0 Å². The number of hydrogen-bond donors (Lipinski definition) is 2. The fourth-order valence-electron chi connectivity index (χ4n) is 0.408. The standard InChI is InChI=1S/C6H8F3NO3.ClH/c1-5(2,4(12)13)10-3(11)6(7,8)9;/h1-2H3,(H,10,11)(H,12,13);1H/p-1. The Kier molecular flexibility index (Phi) is 4.97. The monoisotopic (exact) mass is 234 g/mol. The second-order valence-electron chi connectivity index (χ2n) is 2.88. The van der Waals surface area contributed by atoms with Crippen LogP contribution in [0.3, 0.4) is 0 Å². The third-order valence-electron chi connectivity index (χ3n) is 1.22. The van der Waals surface area contributed by atoms with Crippen LogP contribution in [0.15, 0.2) is 0 Å². The largest absolute Gasteiger partial charge is 1.00 e. The molecule has 84 valence electrons. The van der Waals surface area contributed by atoms with Gasteiger partial charge in [-0.25, -0.2) is 4.79 Å². The van der Waals surface area contributed by atoms with E-state index in [-0.39, 0.29) is 12.4 Å². The quantitative estimate of drug-likeness (QED) is 0.557. The van der Waals surface area contributed by atoms with Crippen LogP contribution in [0.2, 0.25) is 0 Å². The van der Waals surface area contributed by atoms with Crippen LogP contribution in [-0.4, -0.2) is 28.7 Å². The molecule has 0 saturated carbocycles. The van der Waals surface area contributed by atoms with Crippen LogP contribution in [0, 0.1) is 0 Å². The number of carboxylic acid groups (broad SMARTS) is 1. The van der Waals surface area contributed by atoms with E-state index in [0.717, 1.165) is 13.8 Å². The van der Waals surface area contributed by atoms with Gasteiger partial charge in [0.1, 0.15) is 5.54 Å². The predicted molar refractivity (Wildman–Crippen MR) is 35.9 cm³/mol. The Hall–Kier alpha value is -0.980. The van der Waals surface area contributed by atoms with Gasteiger partial charge in [0.2, 0.25) is 0 Å². The van der Waals surface area contributed by atoms with Crippen LogP contribution in [0.25, 0.3) is 0 Å². The number of alkyl halides is 3. The van der Waals surface area contributed by atoms with Crippen molar-refractivity contribution in [3.05, 3.63) is 0 Å². The zero-order valence-corrected chi connectivity index (χ0v) is 8.03. The van der Waals surface area contributed by atoms with Crippen LogP contribution in [0.5, 0.6) is 0 Å². The summed E-state index contributed by atoms with van der Waals surface area (Å²) in [6, 6.07) is 0. The van der Waals surface area contributed by atoms with Crippen LogP contribution in [-0.2, 0) is 9.59 Å². The number of nitrogens with one attached hydrogen (secondary N) is 1. The predicted octanol–water partition coefficient (Wildman–Crippen LogP) is -2.47. The minimum absolute atomic E-state index is 0. The molecule has 2 N–H and O–H groups in total. The summed E-state index contributed by atoms with van der Waals surface area (Å²) in [7, 11) is 0. The molecule has 0 atom stereocenters. The van der Waals surface area contributed by atoms with Crippen molar-refractivity contribution in [1.29, 1.82) is 0 Å². The van der Waals surface area contributed by atoms with Gasteiger partial charge in [-0.3, -0.25) is 4.79 Å². The molecule has 0 aromatic rings. The molecule has 0 heterocycles. The van der Waals surface area contributed by atoms with Gasteiger partial charge in [-0.15, -0.1) is 0 Å². The summed E-state index contributed by atoms with van der Waals surface area (Å²) in [4.78, 5) is 20.6. The van der Waals surface area contributed by atoms with E-state index in [1.54, 1.807) is 0 Å². The number of carbonyl (C=O) groups is 2.